The molecule has 2 N–H and O–H groups in total. The van der Waals surface area contributed by atoms with Gasteiger partial charge in [0.25, 0.3) is 0 Å². The fourth-order valence-electron chi connectivity index (χ4n) is 3.83. The second-order valence-electron chi connectivity index (χ2n) is 6.19. The molecule has 1 aliphatic heterocycles. The monoisotopic (exact) mass is 386 g/mol. The van der Waals surface area contributed by atoms with Crippen LogP contribution in [0.25, 0.3) is 0 Å². The summed E-state index contributed by atoms with van der Waals surface area (Å²) in [5, 5.41) is 13.3. The van der Waals surface area contributed by atoms with Crippen LogP contribution in [0.3, 0.4) is 0 Å². The molecule has 0 unspecified atom stereocenters. The summed E-state index contributed by atoms with van der Waals surface area (Å²) in [4.78, 5) is 2.09. The van der Waals surface area contributed by atoms with Crippen molar-refractivity contribution in [2.75, 3.05) is 26.2 Å². The molecule has 138 valence electrons. The number of aromatic hydroxyl groups is 1. The third-order valence-electron chi connectivity index (χ3n) is 4.87. The summed E-state index contributed by atoms with van der Waals surface area (Å²) < 4.78 is 41.4. The van der Waals surface area contributed by atoms with Crippen LogP contribution in [-0.4, -0.2) is 36.2 Å². The summed E-state index contributed by atoms with van der Waals surface area (Å²) in [6, 6.07) is 0.303. The van der Waals surface area contributed by atoms with Crippen LogP contribution in [0.2, 0.25) is 0 Å². The van der Waals surface area contributed by atoms with Gasteiger partial charge in [-0.25, -0.2) is 13.2 Å². The number of phenols is 1. The van der Waals surface area contributed by atoms with Gasteiger partial charge in [-0.2, -0.15) is 0 Å². The van der Waals surface area contributed by atoms with E-state index in [1.54, 1.807) is 0 Å². The van der Waals surface area contributed by atoms with Crippen LogP contribution in [0, 0.1) is 23.4 Å². The maximum atomic E-state index is 14.4. The number of benzene rings is 1. The van der Waals surface area contributed by atoms with Crippen LogP contribution in [0.4, 0.5) is 13.2 Å². The zero-order valence-electron chi connectivity index (χ0n) is 13.2. The van der Waals surface area contributed by atoms with Crippen LogP contribution >= 0.6 is 24.8 Å². The highest BCUT2D eigenvalue weighted by molar-refractivity contribution is 5.85. The maximum absolute atomic E-state index is 14.4. The van der Waals surface area contributed by atoms with Gasteiger partial charge in [-0.3, -0.25) is 4.90 Å². The van der Waals surface area contributed by atoms with Crippen molar-refractivity contribution in [3.05, 3.63) is 29.1 Å². The van der Waals surface area contributed by atoms with Gasteiger partial charge >= 0.3 is 0 Å². The highest BCUT2D eigenvalue weighted by Gasteiger charge is 2.36. The maximum Gasteiger partial charge on any atom is 0.195 e. The van der Waals surface area contributed by atoms with Crippen molar-refractivity contribution in [2.24, 2.45) is 5.92 Å². The zero-order valence-corrected chi connectivity index (χ0v) is 14.9. The molecule has 3 nitrogen and oxygen atoms in total. The first-order valence-corrected chi connectivity index (χ1v) is 7.90. The molecule has 1 heterocycles. The van der Waals surface area contributed by atoms with Gasteiger partial charge in [-0.1, -0.05) is 12.8 Å². The largest absolute Gasteiger partial charge is 0.507 e. The fourth-order valence-corrected chi connectivity index (χ4v) is 3.83. The summed E-state index contributed by atoms with van der Waals surface area (Å²) in [5.74, 6) is -4.39. The highest BCUT2D eigenvalue weighted by atomic mass is 35.5. The van der Waals surface area contributed by atoms with Crippen molar-refractivity contribution in [3.63, 3.8) is 0 Å². The van der Waals surface area contributed by atoms with Crippen molar-refractivity contribution in [3.8, 4) is 5.75 Å². The number of halogens is 5. The van der Waals surface area contributed by atoms with Crippen LogP contribution in [0.15, 0.2) is 6.07 Å². The molecule has 8 heteroatoms. The molecule has 1 aromatic carbocycles. The number of hydrogen-bond acceptors (Lipinski definition) is 3. The second-order valence-corrected chi connectivity index (χ2v) is 6.19. The molecule has 1 atom stereocenters. The van der Waals surface area contributed by atoms with Crippen molar-refractivity contribution in [1.82, 2.24) is 10.2 Å². The van der Waals surface area contributed by atoms with Crippen molar-refractivity contribution < 1.29 is 18.3 Å². The van der Waals surface area contributed by atoms with Gasteiger partial charge in [-0.05, 0) is 18.8 Å². The Morgan fingerprint density at radius 3 is 2.21 bits per heavy atom. The lowest BCUT2D eigenvalue weighted by atomic mass is 9.88. The van der Waals surface area contributed by atoms with E-state index < -0.39 is 23.2 Å². The van der Waals surface area contributed by atoms with Crippen molar-refractivity contribution >= 4 is 24.8 Å². The lowest BCUT2D eigenvalue weighted by Crippen LogP contribution is -2.47. The van der Waals surface area contributed by atoms with E-state index in [2.05, 4.69) is 10.2 Å². The van der Waals surface area contributed by atoms with E-state index in [0.717, 1.165) is 38.8 Å². The van der Waals surface area contributed by atoms with E-state index in [4.69, 9.17) is 0 Å². The quantitative estimate of drug-likeness (QED) is 0.775. The minimum absolute atomic E-state index is 0. The standard InChI is InChI=1S/C16H21F3N2O.2ClH/c17-11-9-12(22)13(15(19)14(11)18)16(10-3-1-2-4-10)21-7-5-20-6-8-21;;/h9-10,16,20,22H,1-8H2;2*1H/t16-;;/m1../s1. The summed E-state index contributed by atoms with van der Waals surface area (Å²) in [7, 11) is 0. The normalized spacial score (nSPS) is 20.3. The predicted molar refractivity (Wildman–Crippen MR) is 91.6 cm³/mol. The predicted octanol–water partition coefficient (Wildman–Crippen LogP) is 3.79. The molecular formula is C16H23Cl2F3N2O. The molecule has 24 heavy (non-hydrogen) atoms. The topological polar surface area (TPSA) is 35.5 Å². The molecule has 2 aliphatic rings. The van der Waals surface area contributed by atoms with Crippen LogP contribution < -0.4 is 5.32 Å². The van der Waals surface area contributed by atoms with E-state index in [1.807, 2.05) is 0 Å². The first-order chi connectivity index (χ1) is 10.6. The molecule has 0 bridgehead atoms. The summed E-state index contributed by atoms with van der Waals surface area (Å²) in [5.41, 5.74) is -0.0762. The van der Waals surface area contributed by atoms with E-state index in [9.17, 15) is 18.3 Å². The molecule has 0 spiro atoms. The minimum atomic E-state index is -1.49. The summed E-state index contributed by atoms with van der Waals surface area (Å²) in [6.07, 6.45) is 3.96. The smallest absolute Gasteiger partial charge is 0.195 e. The van der Waals surface area contributed by atoms with Gasteiger partial charge < -0.3 is 10.4 Å². The van der Waals surface area contributed by atoms with Gasteiger partial charge in [0.15, 0.2) is 17.5 Å². The Balaban J connectivity index is 0.00000144. The minimum Gasteiger partial charge on any atom is -0.507 e. The van der Waals surface area contributed by atoms with E-state index in [0.29, 0.717) is 19.2 Å². The molecule has 1 saturated carbocycles. The van der Waals surface area contributed by atoms with Crippen LogP contribution in [0.5, 0.6) is 5.75 Å². The third-order valence-corrected chi connectivity index (χ3v) is 4.87. The Morgan fingerprint density at radius 1 is 1.04 bits per heavy atom. The summed E-state index contributed by atoms with van der Waals surface area (Å²) >= 11 is 0. The lowest BCUT2D eigenvalue weighted by Gasteiger charge is -2.39. The molecule has 0 aromatic heterocycles. The number of piperazine rings is 1. The van der Waals surface area contributed by atoms with Gasteiger partial charge in [0, 0.05) is 38.3 Å². The van der Waals surface area contributed by atoms with Gasteiger partial charge in [0.2, 0.25) is 0 Å². The first-order valence-electron chi connectivity index (χ1n) is 7.90. The molecule has 1 saturated heterocycles. The number of hydrogen-bond donors (Lipinski definition) is 2. The molecule has 1 aliphatic carbocycles. The molecular weight excluding hydrogens is 364 g/mol. The Kier molecular flexibility index (Phi) is 8.12. The van der Waals surface area contributed by atoms with E-state index >= 15 is 0 Å². The molecule has 0 amide bonds. The number of phenolic OH excluding ortho intramolecular Hbond substituents is 1. The zero-order chi connectivity index (χ0) is 15.7. The molecule has 0 radical (unpaired) electrons. The number of nitrogens with zero attached hydrogens (tertiary/aromatic N) is 1. The van der Waals surface area contributed by atoms with Gasteiger partial charge in [0.1, 0.15) is 5.75 Å². The first kappa shape index (κ1) is 21.4. The summed E-state index contributed by atoms with van der Waals surface area (Å²) in [6.45, 7) is 2.96. The van der Waals surface area contributed by atoms with E-state index in [-0.39, 0.29) is 42.3 Å². The van der Waals surface area contributed by atoms with Crippen LogP contribution in [0.1, 0.15) is 37.3 Å². The Hall–Kier alpha value is -0.690. The number of rotatable bonds is 3. The molecule has 3 rings (SSSR count). The van der Waals surface area contributed by atoms with Crippen molar-refractivity contribution in [1.29, 1.82) is 0 Å². The van der Waals surface area contributed by atoms with Gasteiger partial charge in [-0.15, -0.1) is 24.8 Å². The Morgan fingerprint density at radius 2 is 1.62 bits per heavy atom. The molecule has 2 fully saturated rings. The van der Waals surface area contributed by atoms with Gasteiger partial charge in [0.05, 0.1) is 5.56 Å². The third kappa shape index (κ3) is 4.10. The Bertz CT molecular complexity index is 551. The highest BCUT2D eigenvalue weighted by Crippen LogP contribution is 2.44. The van der Waals surface area contributed by atoms with Crippen LogP contribution in [-0.2, 0) is 0 Å². The lowest BCUT2D eigenvalue weighted by molar-refractivity contribution is 0.119. The average molecular weight is 387 g/mol. The Labute approximate surface area is 152 Å². The fraction of sp³-hybridized carbons (Fsp3) is 0.625. The van der Waals surface area contributed by atoms with Crippen molar-refractivity contribution in [2.45, 2.75) is 31.7 Å². The SMILES string of the molecule is Cl.Cl.Oc1cc(F)c(F)c(F)c1[C@@H](C1CCCC1)N1CCNCC1. The second kappa shape index (κ2) is 9.13. The average Bonchev–Trinajstić information content (AvgIpc) is 3.04. The molecule has 1 aromatic rings. The van der Waals surface area contributed by atoms with E-state index in [1.165, 1.54) is 0 Å². The number of nitrogens with one attached hydrogen (secondary N) is 1.